The molecule has 0 saturated heterocycles. The molecular formula is C9H9Br3. The van der Waals surface area contributed by atoms with E-state index < -0.39 is 0 Å². The topological polar surface area (TPSA) is 0 Å². The number of rotatable bonds is 2. The van der Waals surface area contributed by atoms with Crippen molar-refractivity contribution >= 4 is 50.3 Å². The Morgan fingerprint density at radius 2 is 1.67 bits per heavy atom. The van der Waals surface area contributed by atoms with Gasteiger partial charge in [0.2, 0.25) is 0 Å². The van der Waals surface area contributed by atoms with E-state index >= 15 is 0 Å². The van der Waals surface area contributed by atoms with E-state index in [-0.39, 0.29) is 0 Å². The minimum atomic E-state index is 0.921. The van der Waals surface area contributed by atoms with Crippen LogP contribution in [0, 0.1) is 0 Å². The van der Waals surface area contributed by atoms with Gasteiger partial charge in [-0.1, -0.05) is 52.9 Å². The van der Waals surface area contributed by atoms with Crippen LogP contribution in [0.3, 0.4) is 0 Å². The van der Waals surface area contributed by atoms with Gasteiger partial charge in [0.15, 0.2) is 0 Å². The molecule has 0 N–H and O–H groups in total. The molecule has 0 amide bonds. The SMILES string of the molecule is BrBr.C=Cc1ccc(CBr)cc1. The highest BCUT2D eigenvalue weighted by atomic mass is 80.9. The molecule has 0 spiro atoms. The van der Waals surface area contributed by atoms with Crippen LogP contribution in [-0.4, -0.2) is 0 Å². The van der Waals surface area contributed by atoms with Crippen molar-refractivity contribution in [2.75, 3.05) is 0 Å². The van der Waals surface area contributed by atoms with Gasteiger partial charge in [0.25, 0.3) is 0 Å². The van der Waals surface area contributed by atoms with E-state index in [1.165, 1.54) is 11.1 Å². The molecule has 0 fully saturated rings. The lowest BCUT2D eigenvalue weighted by atomic mass is 10.2. The van der Waals surface area contributed by atoms with Crippen molar-refractivity contribution in [3.63, 3.8) is 0 Å². The number of hydrogen-bond acceptors (Lipinski definition) is 0. The molecule has 1 aromatic rings. The Morgan fingerprint density at radius 3 is 2.00 bits per heavy atom. The lowest BCUT2D eigenvalue weighted by molar-refractivity contribution is 1.43. The summed E-state index contributed by atoms with van der Waals surface area (Å²) in [7, 11) is 0. The zero-order chi connectivity index (χ0) is 9.40. The zero-order valence-electron chi connectivity index (χ0n) is 6.43. The lowest BCUT2D eigenvalue weighted by Crippen LogP contribution is -1.75. The van der Waals surface area contributed by atoms with Crippen LogP contribution in [0.25, 0.3) is 6.08 Å². The van der Waals surface area contributed by atoms with E-state index in [4.69, 9.17) is 0 Å². The normalized spacial score (nSPS) is 8.25. The molecule has 0 radical (unpaired) electrons. The molecule has 0 unspecified atom stereocenters. The largest absolute Gasteiger partial charge is 0.0985 e. The van der Waals surface area contributed by atoms with Crippen molar-refractivity contribution in [2.45, 2.75) is 5.33 Å². The zero-order valence-corrected chi connectivity index (χ0v) is 11.2. The molecular weight excluding hydrogens is 348 g/mol. The average Bonchev–Trinajstić information content (AvgIpc) is 2.21. The summed E-state index contributed by atoms with van der Waals surface area (Å²) in [4.78, 5) is 0. The molecule has 0 aromatic heterocycles. The monoisotopic (exact) mass is 354 g/mol. The Balaban J connectivity index is 0.000000561. The van der Waals surface area contributed by atoms with E-state index in [0.29, 0.717) is 0 Å². The van der Waals surface area contributed by atoms with Crippen molar-refractivity contribution in [3.05, 3.63) is 42.0 Å². The van der Waals surface area contributed by atoms with Crippen LogP contribution in [0.1, 0.15) is 11.1 Å². The molecule has 0 saturated carbocycles. The first kappa shape index (κ1) is 12.4. The number of benzene rings is 1. The minimum Gasteiger partial charge on any atom is -0.0985 e. The van der Waals surface area contributed by atoms with Crippen LogP contribution in [-0.2, 0) is 5.33 Å². The maximum Gasteiger partial charge on any atom is 0.0283 e. The predicted molar refractivity (Wildman–Crippen MR) is 67.0 cm³/mol. The summed E-state index contributed by atoms with van der Waals surface area (Å²) in [5, 5.41) is 0.921. The second kappa shape index (κ2) is 8.02. The van der Waals surface area contributed by atoms with Gasteiger partial charge in [0.05, 0.1) is 0 Å². The lowest BCUT2D eigenvalue weighted by Gasteiger charge is -1.94. The Morgan fingerprint density at radius 1 is 1.17 bits per heavy atom. The van der Waals surface area contributed by atoms with Crippen LogP contribution < -0.4 is 0 Å². The van der Waals surface area contributed by atoms with E-state index in [0.717, 1.165) is 5.33 Å². The molecule has 0 aliphatic rings. The molecule has 1 rings (SSSR count). The summed E-state index contributed by atoms with van der Waals surface area (Å²) in [5.74, 6) is 0. The van der Waals surface area contributed by atoms with Crippen molar-refractivity contribution in [2.24, 2.45) is 0 Å². The Bertz CT molecular complexity index is 216. The first-order valence-corrected chi connectivity index (χ1v) is 8.12. The summed E-state index contributed by atoms with van der Waals surface area (Å²) in [5.41, 5.74) is 2.47. The Labute approximate surface area is 97.0 Å². The fourth-order valence-electron chi connectivity index (χ4n) is 0.743. The summed E-state index contributed by atoms with van der Waals surface area (Å²) in [6, 6.07) is 8.30. The number of alkyl halides is 1. The third-order valence-corrected chi connectivity index (χ3v) is 2.02. The van der Waals surface area contributed by atoms with Gasteiger partial charge in [-0.3, -0.25) is 0 Å². The highest BCUT2D eigenvalue weighted by Crippen LogP contribution is 2.07. The van der Waals surface area contributed by atoms with Crippen molar-refractivity contribution < 1.29 is 0 Å². The molecule has 0 atom stereocenters. The number of hydrogen-bond donors (Lipinski definition) is 0. The fraction of sp³-hybridized carbons (Fsp3) is 0.111. The highest BCUT2D eigenvalue weighted by molar-refractivity contribution is 9.93. The first-order valence-electron chi connectivity index (χ1n) is 3.28. The second-order valence-electron chi connectivity index (χ2n) is 2.08. The van der Waals surface area contributed by atoms with Gasteiger partial charge in [-0.25, -0.2) is 0 Å². The first-order chi connectivity index (χ1) is 5.86. The van der Waals surface area contributed by atoms with Gasteiger partial charge in [-0.15, -0.1) is 0 Å². The van der Waals surface area contributed by atoms with E-state index in [9.17, 15) is 0 Å². The van der Waals surface area contributed by atoms with Gasteiger partial charge in [-0.05, 0) is 11.1 Å². The van der Waals surface area contributed by atoms with Crippen LogP contribution in [0.15, 0.2) is 30.8 Å². The summed E-state index contributed by atoms with van der Waals surface area (Å²) < 4.78 is 0. The van der Waals surface area contributed by atoms with Crippen molar-refractivity contribution in [1.82, 2.24) is 0 Å². The molecule has 0 bridgehead atoms. The predicted octanol–water partition coefficient (Wildman–Crippen LogP) is 4.92. The molecule has 1 aromatic carbocycles. The van der Waals surface area contributed by atoms with Gasteiger partial charge in [-0.2, -0.15) is 0 Å². The summed E-state index contributed by atoms with van der Waals surface area (Å²) in [6.45, 7) is 3.67. The maximum absolute atomic E-state index is 3.67. The standard InChI is InChI=1S/C9H9Br.Br2/c1-2-8-3-5-9(7-10)6-4-8;1-2/h2-6H,1,7H2;. The molecule has 3 heteroatoms. The van der Waals surface area contributed by atoms with E-state index in [2.05, 4.69) is 75.0 Å². The molecule has 0 nitrogen and oxygen atoms in total. The van der Waals surface area contributed by atoms with Crippen LogP contribution in [0.5, 0.6) is 0 Å². The third-order valence-electron chi connectivity index (χ3n) is 1.37. The van der Waals surface area contributed by atoms with Gasteiger partial charge in [0.1, 0.15) is 0 Å². The van der Waals surface area contributed by atoms with Crippen LogP contribution in [0.4, 0.5) is 0 Å². The summed E-state index contributed by atoms with van der Waals surface area (Å²) in [6.07, 6.45) is 1.85. The Hall–Kier alpha value is 0.400. The third kappa shape index (κ3) is 4.43. The van der Waals surface area contributed by atoms with Crippen molar-refractivity contribution in [3.8, 4) is 0 Å². The van der Waals surface area contributed by atoms with Crippen LogP contribution in [0.2, 0.25) is 0 Å². The average molecular weight is 357 g/mol. The van der Waals surface area contributed by atoms with Crippen molar-refractivity contribution in [1.29, 1.82) is 0 Å². The van der Waals surface area contributed by atoms with Gasteiger partial charge >= 0.3 is 0 Å². The molecule has 0 aliphatic heterocycles. The maximum atomic E-state index is 3.67. The molecule has 0 aliphatic carbocycles. The minimum absolute atomic E-state index is 0.921. The number of halogens is 3. The second-order valence-corrected chi connectivity index (χ2v) is 2.64. The van der Waals surface area contributed by atoms with Gasteiger partial charge < -0.3 is 0 Å². The Kier molecular flexibility index (Phi) is 8.29. The fourth-order valence-corrected chi connectivity index (χ4v) is 1.12. The quantitative estimate of drug-likeness (QED) is 0.660. The summed E-state index contributed by atoms with van der Waals surface area (Å²) >= 11 is 8.88. The van der Waals surface area contributed by atoms with E-state index in [1.54, 1.807) is 0 Å². The highest BCUT2D eigenvalue weighted by Gasteiger charge is 1.87. The van der Waals surface area contributed by atoms with E-state index in [1.807, 2.05) is 6.08 Å². The van der Waals surface area contributed by atoms with Gasteiger partial charge in [0, 0.05) is 33.6 Å². The van der Waals surface area contributed by atoms with Crippen LogP contribution >= 0.6 is 44.2 Å². The smallest absolute Gasteiger partial charge is 0.0283 e. The molecule has 0 heterocycles. The molecule has 66 valence electrons. The molecule has 12 heavy (non-hydrogen) atoms.